The number of rotatable bonds is 2. The molecule has 6 rings (SSSR count). The quantitative estimate of drug-likeness (QED) is 0.728. The number of ketones is 1. The van der Waals surface area contributed by atoms with E-state index in [1.165, 1.54) is 0 Å². The Morgan fingerprint density at radius 1 is 1.28 bits per heavy atom. The molecule has 4 aliphatic heterocycles. The van der Waals surface area contributed by atoms with E-state index in [4.69, 9.17) is 23.7 Å². The molecule has 1 unspecified atom stereocenters. The number of epoxide rings is 1. The predicted octanol–water partition coefficient (Wildman–Crippen LogP) is 0.615. The van der Waals surface area contributed by atoms with Crippen LogP contribution in [-0.4, -0.2) is 62.6 Å². The summed E-state index contributed by atoms with van der Waals surface area (Å²) in [6.45, 7) is 1.29. The van der Waals surface area contributed by atoms with Crippen LogP contribution in [0.25, 0.3) is 0 Å². The zero-order chi connectivity index (χ0) is 16.9. The number of methoxy groups -OCH3 is 2. The average molecular weight is 345 g/mol. The molecule has 0 spiro atoms. The van der Waals surface area contributed by atoms with Crippen molar-refractivity contribution in [3.63, 3.8) is 0 Å². The molecule has 1 aromatic carbocycles. The van der Waals surface area contributed by atoms with E-state index < -0.39 is 5.41 Å². The Bertz CT molecular complexity index is 809. The fourth-order valence-corrected chi connectivity index (χ4v) is 5.58. The first-order chi connectivity index (χ1) is 12.2. The number of fused-ring (bicyclic) bond motifs is 3. The maximum absolute atomic E-state index is 13.2. The molecule has 0 amide bonds. The number of nitrogens with zero attached hydrogens (tertiary/aromatic N) is 1. The van der Waals surface area contributed by atoms with Gasteiger partial charge in [0.25, 0.3) is 0 Å². The third-order valence-electron chi connectivity index (χ3n) is 6.61. The molecule has 0 radical (unpaired) electrons. The molecule has 1 aromatic rings. The molecule has 1 saturated carbocycles. The van der Waals surface area contributed by atoms with Crippen molar-refractivity contribution in [2.45, 2.75) is 42.7 Å². The number of Topliss-reactive ketones (excluding diaryl/α,β-unsaturated/α-hetero) is 1. The minimum atomic E-state index is -0.637. The van der Waals surface area contributed by atoms with Crippen LogP contribution in [0.4, 0.5) is 0 Å². The van der Waals surface area contributed by atoms with Crippen molar-refractivity contribution in [1.29, 1.82) is 0 Å². The van der Waals surface area contributed by atoms with Crippen molar-refractivity contribution in [2.24, 2.45) is 0 Å². The van der Waals surface area contributed by atoms with Gasteiger partial charge in [-0.15, -0.1) is 0 Å². The average Bonchev–Trinajstić information content (AvgIpc) is 3.24. The fourth-order valence-electron chi connectivity index (χ4n) is 5.58. The van der Waals surface area contributed by atoms with Gasteiger partial charge >= 0.3 is 0 Å². The van der Waals surface area contributed by atoms with Crippen molar-refractivity contribution in [3.05, 3.63) is 17.2 Å². The smallest absolute Gasteiger partial charge is 0.231 e. The third-order valence-corrected chi connectivity index (χ3v) is 6.61. The molecule has 7 heteroatoms. The highest BCUT2D eigenvalue weighted by Gasteiger charge is 2.74. The zero-order valence-electron chi connectivity index (χ0n) is 14.1. The number of carbonyl (C=O) groups is 1. The lowest BCUT2D eigenvalue weighted by Crippen LogP contribution is -2.58. The largest absolute Gasteiger partial charge is 0.492 e. The Hall–Kier alpha value is -1.83. The lowest BCUT2D eigenvalue weighted by atomic mass is 9.62. The summed E-state index contributed by atoms with van der Waals surface area (Å²) >= 11 is 0. The molecule has 0 N–H and O–H groups in total. The monoisotopic (exact) mass is 345 g/mol. The molecule has 0 aromatic heterocycles. The number of hydrogen-bond acceptors (Lipinski definition) is 7. The van der Waals surface area contributed by atoms with Gasteiger partial charge in [0.15, 0.2) is 17.3 Å². The van der Waals surface area contributed by atoms with Crippen molar-refractivity contribution in [2.75, 3.05) is 27.6 Å². The van der Waals surface area contributed by atoms with Crippen LogP contribution in [0, 0.1) is 0 Å². The first kappa shape index (κ1) is 14.4. The van der Waals surface area contributed by atoms with Crippen LogP contribution in [0.15, 0.2) is 6.07 Å². The normalized spacial score (nSPS) is 41.8. The molecule has 6 atom stereocenters. The summed E-state index contributed by atoms with van der Waals surface area (Å²) in [6.07, 6.45) is 0.721. The molecule has 25 heavy (non-hydrogen) atoms. The van der Waals surface area contributed by atoms with Gasteiger partial charge in [-0.3, -0.25) is 9.69 Å². The van der Waals surface area contributed by atoms with Crippen LogP contribution in [0.1, 0.15) is 17.5 Å². The first-order valence-electron chi connectivity index (χ1n) is 8.65. The molecular weight excluding hydrogens is 326 g/mol. The summed E-state index contributed by atoms with van der Waals surface area (Å²) in [5.41, 5.74) is 1.39. The lowest BCUT2D eigenvalue weighted by molar-refractivity contribution is -0.122. The van der Waals surface area contributed by atoms with E-state index in [1.807, 2.05) is 6.07 Å². The second-order valence-electron chi connectivity index (χ2n) is 7.41. The van der Waals surface area contributed by atoms with Crippen LogP contribution in [0.5, 0.6) is 17.2 Å². The van der Waals surface area contributed by atoms with Gasteiger partial charge in [0.05, 0.1) is 19.8 Å². The number of ether oxygens (including phenoxy) is 5. The van der Waals surface area contributed by atoms with E-state index in [2.05, 4.69) is 4.90 Å². The summed E-state index contributed by atoms with van der Waals surface area (Å²) in [6, 6.07) is 2.09. The SMILES string of the molecule is COc1c2c(cc3c1OCO3)[C@@]13C(=O)CN(C2)[C@@H]1C[C@@H](OC)[C@@H]1O[C@@H]13. The van der Waals surface area contributed by atoms with E-state index in [1.54, 1.807) is 14.2 Å². The van der Waals surface area contributed by atoms with Gasteiger partial charge in [0.2, 0.25) is 12.5 Å². The Kier molecular flexibility index (Phi) is 2.56. The number of hydrogen-bond donors (Lipinski definition) is 0. The van der Waals surface area contributed by atoms with Crippen molar-refractivity contribution < 1.29 is 28.5 Å². The van der Waals surface area contributed by atoms with Crippen LogP contribution in [0.3, 0.4) is 0 Å². The Labute approximate surface area is 144 Å². The maximum Gasteiger partial charge on any atom is 0.231 e. The molecular formula is C18H19NO6. The molecule has 2 saturated heterocycles. The van der Waals surface area contributed by atoms with Gasteiger partial charge in [-0.2, -0.15) is 0 Å². The maximum atomic E-state index is 13.2. The van der Waals surface area contributed by atoms with Gasteiger partial charge in [0.1, 0.15) is 17.6 Å². The molecule has 7 nitrogen and oxygen atoms in total. The van der Waals surface area contributed by atoms with E-state index >= 15 is 0 Å². The second-order valence-corrected chi connectivity index (χ2v) is 7.41. The summed E-state index contributed by atoms with van der Waals surface area (Å²) in [5.74, 6) is 2.22. The van der Waals surface area contributed by atoms with Gasteiger partial charge in [-0.1, -0.05) is 0 Å². The van der Waals surface area contributed by atoms with E-state index in [0.29, 0.717) is 30.3 Å². The third kappa shape index (κ3) is 1.48. The zero-order valence-corrected chi connectivity index (χ0v) is 14.1. The Morgan fingerprint density at radius 2 is 2.16 bits per heavy atom. The molecule has 132 valence electrons. The highest BCUT2D eigenvalue weighted by molar-refractivity contribution is 5.98. The molecule has 1 aliphatic carbocycles. The number of benzene rings is 1. The van der Waals surface area contributed by atoms with Crippen LogP contribution < -0.4 is 14.2 Å². The minimum absolute atomic E-state index is 0.00693. The van der Waals surface area contributed by atoms with Gasteiger partial charge < -0.3 is 23.7 Å². The van der Waals surface area contributed by atoms with E-state index in [-0.39, 0.29) is 36.9 Å². The van der Waals surface area contributed by atoms with Gasteiger partial charge in [0, 0.05) is 25.3 Å². The van der Waals surface area contributed by atoms with Gasteiger partial charge in [-0.25, -0.2) is 0 Å². The highest BCUT2D eigenvalue weighted by atomic mass is 16.7. The molecule has 5 aliphatic rings. The van der Waals surface area contributed by atoms with Crippen molar-refractivity contribution >= 4 is 5.78 Å². The fraction of sp³-hybridized carbons (Fsp3) is 0.611. The lowest BCUT2D eigenvalue weighted by Gasteiger charge is -2.45. The van der Waals surface area contributed by atoms with Crippen molar-refractivity contribution in [3.8, 4) is 17.2 Å². The molecule has 3 fully saturated rings. The summed E-state index contributed by atoms with van der Waals surface area (Å²) < 4.78 is 28.5. The van der Waals surface area contributed by atoms with E-state index in [9.17, 15) is 4.79 Å². The summed E-state index contributed by atoms with van der Waals surface area (Å²) in [7, 11) is 3.36. The minimum Gasteiger partial charge on any atom is -0.492 e. The second kappa shape index (κ2) is 4.47. The summed E-state index contributed by atoms with van der Waals surface area (Å²) in [5, 5.41) is 0. The van der Waals surface area contributed by atoms with Crippen molar-refractivity contribution in [1.82, 2.24) is 4.90 Å². The standard InChI is InChI=1S/C18H19NO6/c1-21-10-4-12-18(17-16(10)25-17)9-3-11-15(24-7-23-11)14(22-2)8(9)5-19(12)6-13(18)20/h3,10,12,16-17H,4-7H2,1-2H3/t10-,12-,16+,17+,18+/m1/s1. The Morgan fingerprint density at radius 3 is 2.96 bits per heavy atom. The van der Waals surface area contributed by atoms with E-state index in [0.717, 1.165) is 17.5 Å². The summed E-state index contributed by atoms with van der Waals surface area (Å²) in [4.78, 5) is 15.5. The predicted molar refractivity (Wildman–Crippen MR) is 84.1 cm³/mol. The first-order valence-corrected chi connectivity index (χ1v) is 8.65. The highest BCUT2D eigenvalue weighted by Crippen LogP contribution is 2.62. The van der Waals surface area contributed by atoms with Crippen LogP contribution in [-0.2, 0) is 26.2 Å². The number of carbonyl (C=O) groups excluding carboxylic acids is 1. The van der Waals surface area contributed by atoms with Crippen LogP contribution in [0.2, 0.25) is 0 Å². The Balaban J connectivity index is 1.61. The van der Waals surface area contributed by atoms with Gasteiger partial charge in [-0.05, 0) is 18.1 Å². The topological polar surface area (TPSA) is 69.8 Å². The van der Waals surface area contributed by atoms with Crippen LogP contribution >= 0.6 is 0 Å². The molecule has 2 bridgehead atoms. The molecule has 4 heterocycles.